The van der Waals surface area contributed by atoms with Gasteiger partial charge in [0.1, 0.15) is 0 Å². The predicted molar refractivity (Wildman–Crippen MR) is 91.1 cm³/mol. The normalized spacial score (nSPS) is 11.0. The number of thioether (sulfide) groups is 1. The molecular weight excluding hydrogens is 320 g/mol. The molecule has 2 rings (SSSR count). The Morgan fingerprint density at radius 2 is 1.68 bits per heavy atom. The summed E-state index contributed by atoms with van der Waals surface area (Å²) >= 11 is 1.55. The molecule has 2 aromatic rings. The fraction of sp³-hybridized carbons (Fsp3) is 0.133. The second-order valence-electron chi connectivity index (χ2n) is 4.61. The molecule has 0 saturated heterocycles. The Morgan fingerprint density at radius 1 is 1.05 bits per heavy atom. The Labute approximate surface area is 134 Å². The summed E-state index contributed by atoms with van der Waals surface area (Å²) in [5, 5.41) is 2.85. The van der Waals surface area contributed by atoms with Crippen LogP contribution in [0.25, 0.3) is 0 Å². The van der Waals surface area contributed by atoms with E-state index < -0.39 is 10.0 Å². The Balaban J connectivity index is 2.13. The minimum atomic E-state index is -3.32. The van der Waals surface area contributed by atoms with Gasteiger partial charge in [-0.05, 0) is 42.7 Å². The molecule has 5 nitrogen and oxygen atoms in total. The largest absolute Gasteiger partial charge is 0.321 e. The number of rotatable bonds is 5. The lowest BCUT2D eigenvalue weighted by molar-refractivity contribution is 0.102. The lowest BCUT2D eigenvalue weighted by Gasteiger charge is -2.10. The van der Waals surface area contributed by atoms with Crippen LogP contribution in [0.5, 0.6) is 0 Å². The average molecular weight is 336 g/mol. The highest BCUT2D eigenvalue weighted by molar-refractivity contribution is 7.98. The summed E-state index contributed by atoms with van der Waals surface area (Å²) < 4.78 is 24.6. The maximum atomic E-state index is 12.2. The summed E-state index contributed by atoms with van der Waals surface area (Å²) in [4.78, 5) is 13.2. The number of sulfonamides is 1. The summed E-state index contributed by atoms with van der Waals surface area (Å²) in [6.07, 6.45) is 3.02. The molecular formula is C15H16N2O3S2. The van der Waals surface area contributed by atoms with E-state index in [0.29, 0.717) is 11.3 Å². The van der Waals surface area contributed by atoms with Crippen LogP contribution in [-0.4, -0.2) is 26.8 Å². The zero-order chi connectivity index (χ0) is 16.2. The van der Waals surface area contributed by atoms with Crippen molar-refractivity contribution < 1.29 is 13.2 Å². The Kier molecular flexibility index (Phi) is 5.10. The first-order valence-corrected chi connectivity index (χ1v) is 9.53. The van der Waals surface area contributed by atoms with Crippen LogP contribution < -0.4 is 10.0 Å². The van der Waals surface area contributed by atoms with E-state index in [1.165, 1.54) is 0 Å². The summed E-state index contributed by atoms with van der Waals surface area (Å²) in [6, 6.07) is 13.8. The van der Waals surface area contributed by atoms with Gasteiger partial charge < -0.3 is 5.32 Å². The van der Waals surface area contributed by atoms with Gasteiger partial charge in [0.25, 0.3) is 5.91 Å². The number of amides is 1. The Hall–Kier alpha value is -1.99. The fourth-order valence-electron chi connectivity index (χ4n) is 1.85. The molecule has 0 unspecified atom stereocenters. The minimum absolute atomic E-state index is 0.243. The molecule has 0 aliphatic rings. The molecule has 0 saturated carbocycles. The van der Waals surface area contributed by atoms with E-state index in [1.54, 1.807) is 36.0 Å². The van der Waals surface area contributed by atoms with Crippen molar-refractivity contribution >= 4 is 39.1 Å². The van der Waals surface area contributed by atoms with Crippen molar-refractivity contribution in [2.24, 2.45) is 0 Å². The number of nitrogens with one attached hydrogen (secondary N) is 2. The van der Waals surface area contributed by atoms with E-state index in [9.17, 15) is 13.2 Å². The van der Waals surface area contributed by atoms with Gasteiger partial charge in [0.05, 0.1) is 11.9 Å². The Bertz CT molecular complexity index is 772. The molecule has 0 fully saturated rings. The lowest BCUT2D eigenvalue weighted by Crippen LogP contribution is -2.13. The minimum Gasteiger partial charge on any atom is -0.321 e. The SMILES string of the molecule is CSc1ccccc1NC(=O)c1ccc(NS(C)(=O)=O)cc1. The highest BCUT2D eigenvalue weighted by atomic mass is 32.2. The summed E-state index contributed by atoms with van der Waals surface area (Å²) in [7, 11) is -3.32. The number of hydrogen-bond acceptors (Lipinski definition) is 4. The third-order valence-electron chi connectivity index (χ3n) is 2.81. The molecule has 0 heterocycles. The van der Waals surface area contributed by atoms with Gasteiger partial charge in [0.15, 0.2) is 0 Å². The van der Waals surface area contributed by atoms with Crippen molar-refractivity contribution in [2.75, 3.05) is 22.6 Å². The topological polar surface area (TPSA) is 75.3 Å². The molecule has 0 radical (unpaired) electrons. The van der Waals surface area contributed by atoms with Crippen LogP contribution in [0.15, 0.2) is 53.4 Å². The molecule has 22 heavy (non-hydrogen) atoms. The van der Waals surface area contributed by atoms with Crippen LogP contribution in [0.4, 0.5) is 11.4 Å². The third kappa shape index (κ3) is 4.51. The Morgan fingerprint density at radius 3 is 2.27 bits per heavy atom. The number of carbonyl (C=O) groups is 1. The molecule has 2 aromatic carbocycles. The molecule has 1 amide bonds. The standard InChI is InChI=1S/C15H16N2O3S2/c1-21-14-6-4-3-5-13(14)16-15(18)11-7-9-12(10-8-11)17-22(2,19)20/h3-10,17H,1-2H3,(H,16,18). The maximum absolute atomic E-state index is 12.2. The average Bonchev–Trinajstić information content (AvgIpc) is 2.47. The van der Waals surface area contributed by atoms with E-state index in [4.69, 9.17) is 0 Å². The van der Waals surface area contributed by atoms with Crippen molar-refractivity contribution in [1.82, 2.24) is 0 Å². The zero-order valence-corrected chi connectivity index (χ0v) is 13.8. The third-order valence-corrected chi connectivity index (χ3v) is 4.21. The van der Waals surface area contributed by atoms with Crippen LogP contribution >= 0.6 is 11.8 Å². The molecule has 2 N–H and O–H groups in total. The van der Waals surface area contributed by atoms with Crippen LogP contribution in [0.2, 0.25) is 0 Å². The van der Waals surface area contributed by atoms with E-state index in [1.807, 2.05) is 30.5 Å². The molecule has 0 aromatic heterocycles. The van der Waals surface area contributed by atoms with E-state index >= 15 is 0 Å². The zero-order valence-electron chi connectivity index (χ0n) is 12.2. The van der Waals surface area contributed by atoms with Gasteiger partial charge in [0, 0.05) is 16.1 Å². The first-order chi connectivity index (χ1) is 10.4. The second kappa shape index (κ2) is 6.85. The highest BCUT2D eigenvalue weighted by Gasteiger charge is 2.09. The summed E-state index contributed by atoms with van der Waals surface area (Å²) in [5.74, 6) is -0.243. The number of para-hydroxylation sites is 1. The number of hydrogen-bond donors (Lipinski definition) is 2. The number of benzene rings is 2. The van der Waals surface area contributed by atoms with Crippen molar-refractivity contribution in [3.05, 3.63) is 54.1 Å². The monoisotopic (exact) mass is 336 g/mol. The van der Waals surface area contributed by atoms with Crippen LogP contribution in [0.1, 0.15) is 10.4 Å². The molecule has 0 aliphatic heterocycles. The van der Waals surface area contributed by atoms with Crippen molar-refractivity contribution in [2.45, 2.75) is 4.90 Å². The van der Waals surface area contributed by atoms with Gasteiger partial charge in [-0.3, -0.25) is 9.52 Å². The first kappa shape index (κ1) is 16.4. The number of anilines is 2. The molecule has 0 atom stereocenters. The van der Waals surface area contributed by atoms with Gasteiger partial charge >= 0.3 is 0 Å². The number of carbonyl (C=O) groups excluding carboxylic acids is 1. The van der Waals surface area contributed by atoms with Gasteiger partial charge in [0.2, 0.25) is 10.0 Å². The summed E-state index contributed by atoms with van der Waals surface area (Å²) in [6.45, 7) is 0. The molecule has 0 bridgehead atoms. The quantitative estimate of drug-likeness (QED) is 0.823. The highest BCUT2D eigenvalue weighted by Crippen LogP contribution is 2.25. The van der Waals surface area contributed by atoms with Gasteiger partial charge in [-0.2, -0.15) is 0 Å². The smallest absolute Gasteiger partial charge is 0.255 e. The van der Waals surface area contributed by atoms with Gasteiger partial charge in [-0.15, -0.1) is 11.8 Å². The van der Waals surface area contributed by atoms with Crippen LogP contribution in [-0.2, 0) is 10.0 Å². The van der Waals surface area contributed by atoms with E-state index in [2.05, 4.69) is 10.0 Å². The van der Waals surface area contributed by atoms with Crippen molar-refractivity contribution in [3.8, 4) is 0 Å². The van der Waals surface area contributed by atoms with E-state index in [0.717, 1.165) is 16.8 Å². The molecule has 116 valence electrons. The lowest BCUT2D eigenvalue weighted by atomic mass is 10.2. The fourth-order valence-corrected chi connectivity index (χ4v) is 2.96. The van der Waals surface area contributed by atoms with Crippen molar-refractivity contribution in [3.63, 3.8) is 0 Å². The van der Waals surface area contributed by atoms with Crippen LogP contribution in [0, 0.1) is 0 Å². The van der Waals surface area contributed by atoms with Gasteiger partial charge in [-0.1, -0.05) is 12.1 Å². The van der Waals surface area contributed by atoms with Crippen molar-refractivity contribution in [1.29, 1.82) is 0 Å². The van der Waals surface area contributed by atoms with Gasteiger partial charge in [-0.25, -0.2) is 8.42 Å². The molecule has 0 aliphatic carbocycles. The molecule has 7 heteroatoms. The van der Waals surface area contributed by atoms with Crippen LogP contribution in [0.3, 0.4) is 0 Å². The molecule has 0 spiro atoms. The van der Waals surface area contributed by atoms with E-state index in [-0.39, 0.29) is 5.91 Å². The first-order valence-electron chi connectivity index (χ1n) is 6.41. The predicted octanol–water partition coefficient (Wildman–Crippen LogP) is 3.03. The maximum Gasteiger partial charge on any atom is 0.255 e. The summed E-state index contributed by atoms with van der Waals surface area (Å²) in [5.41, 5.74) is 1.62. The second-order valence-corrected chi connectivity index (χ2v) is 7.20.